The van der Waals surface area contributed by atoms with E-state index in [-0.39, 0.29) is 11.9 Å². The predicted molar refractivity (Wildman–Crippen MR) is 79.6 cm³/mol. The third kappa shape index (κ3) is 3.32. The summed E-state index contributed by atoms with van der Waals surface area (Å²) in [6, 6.07) is 1.45. The summed E-state index contributed by atoms with van der Waals surface area (Å²) < 4.78 is 32.6. The first kappa shape index (κ1) is 15.8. The number of halogens is 2. The second-order valence-electron chi connectivity index (χ2n) is 5.04. The van der Waals surface area contributed by atoms with Gasteiger partial charge in [-0.1, -0.05) is 5.21 Å². The van der Waals surface area contributed by atoms with Crippen LogP contribution in [-0.2, 0) is 11.8 Å². The summed E-state index contributed by atoms with van der Waals surface area (Å²) in [4.78, 5) is 13.8. The maximum atomic E-state index is 13.0. The summed E-state index contributed by atoms with van der Waals surface area (Å²) in [7, 11) is 1.35. The van der Waals surface area contributed by atoms with Crippen LogP contribution in [0, 0.1) is 0 Å². The molecule has 0 saturated carbocycles. The molecule has 2 amide bonds. The van der Waals surface area contributed by atoms with Crippen molar-refractivity contribution in [2.45, 2.75) is 12.5 Å². The zero-order chi connectivity index (χ0) is 16.4. The Balaban J connectivity index is 1.69. The van der Waals surface area contributed by atoms with Crippen LogP contribution in [-0.4, -0.2) is 45.6 Å². The van der Waals surface area contributed by atoms with Crippen molar-refractivity contribution in [3.63, 3.8) is 0 Å². The molecule has 1 aliphatic rings. The van der Waals surface area contributed by atoms with Crippen molar-refractivity contribution in [2.24, 2.45) is 7.05 Å². The molecule has 1 atom stereocenters. The van der Waals surface area contributed by atoms with E-state index in [1.807, 2.05) is 16.8 Å². The third-order valence-corrected chi connectivity index (χ3v) is 4.27. The summed E-state index contributed by atoms with van der Waals surface area (Å²) in [6.45, 7) is 1.12. The van der Waals surface area contributed by atoms with Gasteiger partial charge in [0, 0.05) is 13.6 Å². The number of anilines is 1. The SMILES string of the molecule is Cn1nnc(NC(=O)N2CCOC(c3ccsc3)C2)c1C(F)F. The van der Waals surface area contributed by atoms with Gasteiger partial charge < -0.3 is 9.64 Å². The summed E-state index contributed by atoms with van der Waals surface area (Å²) in [5, 5.41) is 13.4. The van der Waals surface area contributed by atoms with Gasteiger partial charge in [0.1, 0.15) is 11.8 Å². The maximum Gasteiger partial charge on any atom is 0.323 e. The summed E-state index contributed by atoms with van der Waals surface area (Å²) in [5.41, 5.74) is 0.585. The van der Waals surface area contributed by atoms with Crippen LogP contribution in [0.25, 0.3) is 0 Å². The fourth-order valence-electron chi connectivity index (χ4n) is 2.37. The first-order chi connectivity index (χ1) is 11.1. The highest BCUT2D eigenvalue weighted by Crippen LogP contribution is 2.26. The molecule has 7 nitrogen and oxygen atoms in total. The van der Waals surface area contributed by atoms with Crippen molar-refractivity contribution in [1.82, 2.24) is 19.9 Å². The van der Waals surface area contributed by atoms with Gasteiger partial charge in [-0.3, -0.25) is 5.32 Å². The lowest BCUT2D eigenvalue weighted by atomic mass is 10.1. The number of thiophene rings is 1. The van der Waals surface area contributed by atoms with E-state index in [9.17, 15) is 13.6 Å². The van der Waals surface area contributed by atoms with Crippen molar-refractivity contribution in [1.29, 1.82) is 0 Å². The molecule has 0 radical (unpaired) electrons. The van der Waals surface area contributed by atoms with Gasteiger partial charge in [-0.05, 0) is 22.4 Å². The van der Waals surface area contributed by atoms with Crippen molar-refractivity contribution in [3.05, 3.63) is 28.1 Å². The van der Waals surface area contributed by atoms with Gasteiger partial charge in [0.2, 0.25) is 0 Å². The zero-order valence-corrected chi connectivity index (χ0v) is 13.1. The highest BCUT2D eigenvalue weighted by Gasteiger charge is 2.28. The number of nitrogens with one attached hydrogen (secondary N) is 1. The van der Waals surface area contributed by atoms with E-state index in [4.69, 9.17) is 4.74 Å². The molecule has 1 saturated heterocycles. The van der Waals surface area contributed by atoms with Crippen LogP contribution in [0.3, 0.4) is 0 Å². The number of morpholine rings is 1. The number of aromatic nitrogens is 3. The standard InChI is InChI=1S/C13H15F2N5O2S/c1-19-10(11(14)15)12(17-18-19)16-13(21)20-3-4-22-9(6-20)8-2-5-23-7-8/h2,5,7,9,11H,3-4,6H2,1H3,(H,16,21). The monoisotopic (exact) mass is 343 g/mol. The largest absolute Gasteiger partial charge is 0.370 e. The van der Waals surface area contributed by atoms with Crippen molar-refractivity contribution in [2.75, 3.05) is 25.0 Å². The average molecular weight is 343 g/mol. The van der Waals surface area contributed by atoms with E-state index < -0.39 is 18.2 Å². The van der Waals surface area contributed by atoms with E-state index in [0.29, 0.717) is 19.7 Å². The molecular weight excluding hydrogens is 328 g/mol. The van der Waals surface area contributed by atoms with Crippen LogP contribution in [0.5, 0.6) is 0 Å². The number of urea groups is 1. The molecule has 0 aliphatic carbocycles. The lowest BCUT2D eigenvalue weighted by molar-refractivity contribution is -0.0133. The number of ether oxygens (including phenoxy) is 1. The Morgan fingerprint density at radius 2 is 2.39 bits per heavy atom. The van der Waals surface area contributed by atoms with Gasteiger partial charge in [0.15, 0.2) is 5.82 Å². The Hall–Kier alpha value is -2.07. The second kappa shape index (κ2) is 6.59. The van der Waals surface area contributed by atoms with Crippen LogP contribution in [0.4, 0.5) is 19.4 Å². The average Bonchev–Trinajstić information content (AvgIpc) is 3.17. The lowest BCUT2D eigenvalue weighted by Gasteiger charge is -2.32. The van der Waals surface area contributed by atoms with Crippen molar-refractivity contribution in [3.8, 4) is 0 Å². The predicted octanol–water partition coefficient (Wildman–Crippen LogP) is 2.42. The van der Waals surface area contributed by atoms with Gasteiger partial charge in [-0.2, -0.15) is 11.3 Å². The summed E-state index contributed by atoms with van der Waals surface area (Å²) in [5.74, 6) is -0.217. The number of carbonyl (C=O) groups is 1. The Morgan fingerprint density at radius 3 is 3.09 bits per heavy atom. The van der Waals surface area contributed by atoms with Crippen LogP contribution >= 0.6 is 11.3 Å². The van der Waals surface area contributed by atoms with E-state index in [1.165, 1.54) is 11.9 Å². The van der Waals surface area contributed by atoms with Crippen LogP contribution in [0.15, 0.2) is 16.8 Å². The second-order valence-corrected chi connectivity index (χ2v) is 5.82. The van der Waals surface area contributed by atoms with E-state index in [1.54, 1.807) is 11.3 Å². The number of amides is 2. The van der Waals surface area contributed by atoms with Crippen LogP contribution < -0.4 is 5.32 Å². The van der Waals surface area contributed by atoms with E-state index in [0.717, 1.165) is 10.2 Å². The van der Waals surface area contributed by atoms with Gasteiger partial charge in [-0.15, -0.1) is 5.10 Å². The first-order valence-corrected chi connectivity index (χ1v) is 7.88. The molecule has 0 aromatic carbocycles. The van der Waals surface area contributed by atoms with Crippen molar-refractivity contribution >= 4 is 23.2 Å². The van der Waals surface area contributed by atoms with Gasteiger partial charge in [0.05, 0.1) is 13.2 Å². The molecule has 124 valence electrons. The van der Waals surface area contributed by atoms with Gasteiger partial charge in [-0.25, -0.2) is 18.3 Å². The first-order valence-electron chi connectivity index (χ1n) is 6.93. The van der Waals surface area contributed by atoms with Gasteiger partial charge in [0.25, 0.3) is 6.43 Å². The highest BCUT2D eigenvalue weighted by atomic mass is 32.1. The number of hydrogen-bond acceptors (Lipinski definition) is 5. The van der Waals surface area contributed by atoms with Crippen molar-refractivity contribution < 1.29 is 18.3 Å². The molecular formula is C13H15F2N5O2S. The molecule has 3 heterocycles. The Morgan fingerprint density at radius 1 is 1.57 bits per heavy atom. The topological polar surface area (TPSA) is 72.3 Å². The minimum Gasteiger partial charge on any atom is -0.370 e. The Bertz CT molecular complexity index is 676. The highest BCUT2D eigenvalue weighted by molar-refractivity contribution is 7.07. The molecule has 1 fully saturated rings. The lowest BCUT2D eigenvalue weighted by Crippen LogP contribution is -2.44. The summed E-state index contributed by atoms with van der Waals surface area (Å²) in [6.07, 6.45) is -2.98. The molecule has 0 bridgehead atoms. The third-order valence-electron chi connectivity index (χ3n) is 3.57. The minimum atomic E-state index is -2.77. The Labute approximate surface area is 134 Å². The number of alkyl halides is 2. The number of hydrogen-bond donors (Lipinski definition) is 1. The fourth-order valence-corrected chi connectivity index (χ4v) is 3.07. The van der Waals surface area contributed by atoms with Crippen LogP contribution in [0.1, 0.15) is 23.8 Å². The molecule has 1 aliphatic heterocycles. The molecule has 10 heteroatoms. The van der Waals surface area contributed by atoms with Crippen LogP contribution in [0.2, 0.25) is 0 Å². The minimum absolute atomic E-state index is 0.211. The molecule has 2 aromatic rings. The smallest absolute Gasteiger partial charge is 0.323 e. The molecule has 2 aromatic heterocycles. The molecule has 0 spiro atoms. The molecule has 3 rings (SSSR count). The fraction of sp³-hybridized carbons (Fsp3) is 0.462. The number of carbonyl (C=O) groups excluding carboxylic acids is 1. The molecule has 1 unspecified atom stereocenters. The summed E-state index contributed by atoms with van der Waals surface area (Å²) >= 11 is 1.55. The van der Waals surface area contributed by atoms with E-state index >= 15 is 0 Å². The number of rotatable bonds is 3. The maximum absolute atomic E-state index is 13.0. The number of nitrogens with zero attached hydrogens (tertiary/aromatic N) is 4. The number of aryl methyl sites for hydroxylation is 1. The molecule has 23 heavy (non-hydrogen) atoms. The van der Waals surface area contributed by atoms with Gasteiger partial charge >= 0.3 is 6.03 Å². The Kier molecular flexibility index (Phi) is 4.53. The molecule has 1 N–H and O–H groups in total. The normalized spacial score (nSPS) is 18.4. The zero-order valence-electron chi connectivity index (χ0n) is 12.3. The quantitative estimate of drug-likeness (QED) is 0.929. The van der Waals surface area contributed by atoms with E-state index in [2.05, 4.69) is 15.6 Å².